The summed E-state index contributed by atoms with van der Waals surface area (Å²) < 4.78 is 24.3. The van der Waals surface area contributed by atoms with Crippen LogP contribution in [0.4, 0.5) is 5.69 Å². The summed E-state index contributed by atoms with van der Waals surface area (Å²) in [6, 6.07) is 10.2. The minimum absolute atomic E-state index is 0.0136. The Morgan fingerprint density at radius 1 is 1.16 bits per heavy atom. The summed E-state index contributed by atoms with van der Waals surface area (Å²) in [5, 5.41) is 2.62. The molecule has 0 bridgehead atoms. The first-order chi connectivity index (χ1) is 12.0. The van der Waals surface area contributed by atoms with Crippen molar-refractivity contribution in [3.63, 3.8) is 0 Å². The quantitative estimate of drug-likeness (QED) is 0.647. The third-order valence-electron chi connectivity index (χ3n) is 4.86. The summed E-state index contributed by atoms with van der Waals surface area (Å²) in [4.78, 5) is 14.0. The molecule has 25 heavy (non-hydrogen) atoms. The van der Waals surface area contributed by atoms with E-state index in [1.54, 1.807) is 0 Å². The second-order valence-corrected chi connectivity index (χ2v) is 9.24. The number of benzene rings is 1. The summed E-state index contributed by atoms with van der Waals surface area (Å²) in [7, 11) is -1.04. The van der Waals surface area contributed by atoms with Gasteiger partial charge in [0, 0.05) is 32.2 Å². The van der Waals surface area contributed by atoms with Gasteiger partial charge in [-0.15, -0.1) is 0 Å². The molecule has 1 saturated carbocycles. The van der Waals surface area contributed by atoms with E-state index in [2.05, 4.69) is 29.4 Å². The van der Waals surface area contributed by atoms with Gasteiger partial charge < -0.3 is 10.2 Å². The first-order valence-corrected chi connectivity index (χ1v) is 10.9. The molecule has 0 aromatic heterocycles. The Morgan fingerprint density at radius 3 is 2.52 bits per heavy atom. The van der Waals surface area contributed by atoms with Crippen molar-refractivity contribution in [2.45, 2.75) is 50.2 Å². The Morgan fingerprint density at radius 2 is 1.84 bits per heavy atom. The molecule has 0 radical (unpaired) electrons. The zero-order valence-electron chi connectivity index (χ0n) is 15.1. The molecule has 1 N–H and O–H groups in total. The normalized spacial score (nSPS) is 15.2. The molecule has 1 amide bonds. The molecule has 0 saturated heterocycles. The van der Waals surface area contributed by atoms with E-state index in [0.717, 1.165) is 45.1 Å². The van der Waals surface area contributed by atoms with Gasteiger partial charge in [0.1, 0.15) is 0 Å². The topological polar surface area (TPSA) is 66.5 Å². The van der Waals surface area contributed by atoms with Crippen LogP contribution < -0.4 is 10.2 Å². The fraction of sp³-hybridized carbons (Fsp3) is 0.632. The maximum atomic E-state index is 12.1. The lowest BCUT2D eigenvalue weighted by atomic mass is 10.2. The molecular weight excluding hydrogens is 336 g/mol. The summed E-state index contributed by atoms with van der Waals surface area (Å²) in [6.45, 7) is 1.53. The van der Waals surface area contributed by atoms with Crippen molar-refractivity contribution >= 4 is 21.4 Å². The predicted octanol–water partition coefficient (Wildman–Crippen LogP) is 2.77. The van der Waals surface area contributed by atoms with Crippen molar-refractivity contribution < 1.29 is 13.2 Å². The SMILES string of the molecule is CN(CCCCNC(=O)CCS(=O)(=O)C1CCCC1)c1ccccc1. The highest BCUT2D eigenvalue weighted by molar-refractivity contribution is 7.92. The summed E-state index contributed by atoms with van der Waals surface area (Å²) in [5.41, 5.74) is 1.18. The average molecular weight is 367 g/mol. The fourth-order valence-electron chi connectivity index (χ4n) is 3.25. The molecule has 0 heterocycles. The number of sulfone groups is 1. The van der Waals surface area contributed by atoms with Crippen LogP contribution >= 0.6 is 0 Å². The van der Waals surface area contributed by atoms with Crippen LogP contribution in [0.15, 0.2) is 30.3 Å². The smallest absolute Gasteiger partial charge is 0.221 e. The van der Waals surface area contributed by atoms with Gasteiger partial charge in [-0.3, -0.25) is 4.79 Å². The fourth-order valence-corrected chi connectivity index (χ4v) is 5.11. The van der Waals surface area contributed by atoms with E-state index in [0.29, 0.717) is 6.54 Å². The zero-order chi connectivity index (χ0) is 18.1. The third-order valence-corrected chi connectivity index (χ3v) is 7.12. The number of anilines is 1. The number of hydrogen-bond donors (Lipinski definition) is 1. The zero-order valence-corrected chi connectivity index (χ0v) is 15.9. The van der Waals surface area contributed by atoms with Crippen LogP contribution in [0.5, 0.6) is 0 Å². The van der Waals surface area contributed by atoms with Crippen molar-refractivity contribution in [1.29, 1.82) is 0 Å². The Hall–Kier alpha value is -1.56. The molecule has 6 heteroatoms. The number of carbonyl (C=O) groups excluding carboxylic acids is 1. The number of amides is 1. The molecule has 1 aliphatic rings. The van der Waals surface area contributed by atoms with E-state index < -0.39 is 9.84 Å². The van der Waals surface area contributed by atoms with Crippen LogP contribution in [-0.4, -0.2) is 45.5 Å². The van der Waals surface area contributed by atoms with Crippen molar-refractivity contribution in [3.8, 4) is 0 Å². The van der Waals surface area contributed by atoms with Crippen molar-refractivity contribution in [1.82, 2.24) is 5.32 Å². The Labute approximate surface area is 151 Å². The lowest BCUT2D eigenvalue weighted by Gasteiger charge is -2.19. The minimum atomic E-state index is -3.10. The van der Waals surface area contributed by atoms with Gasteiger partial charge in [-0.25, -0.2) is 8.42 Å². The molecule has 0 aliphatic heterocycles. The standard InChI is InChI=1S/C19H30N2O3S/c1-21(17-9-3-2-4-10-17)15-8-7-14-20-19(22)13-16-25(23,24)18-11-5-6-12-18/h2-4,9-10,18H,5-8,11-16H2,1H3,(H,20,22). The highest BCUT2D eigenvalue weighted by Gasteiger charge is 2.28. The van der Waals surface area contributed by atoms with E-state index in [4.69, 9.17) is 0 Å². The van der Waals surface area contributed by atoms with Crippen molar-refractivity contribution in [3.05, 3.63) is 30.3 Å². The van der Waals surface area contributed by atoms with Gasteiger partial charge in [-0.1, -0.05) is 31.0 Å². The summed E-state index contributed by atoms with van der Waals surface area (Å²) in [6.07, 6.45) is 5.46. The largest absolute Gasteiger partial charge is 0.375 e. The second kappa shape index (κ2) is 9.80. The number of para-hydroxylation sites is 1. The van der Waals surface area contributed by atoms with Crippen LogP contribution in [0.1, 0.15) is 44.9 Å². The molecule has 1 aromatic rings. The maximum Gasteiger partial charge on any atom is 0.221 e. The first kappa shape index (κ1) is 19.8. The van der Waals surface area contributed by atoms with Crippen LogP contribution in [-0.2, 0) is 14.6 Å². The second-order valence-electron chi connectivity index (χ2n) is 6.84. The molecule has 1 aromatic carbocycles. The number of nitrogens with zero attached hydrogens (tertiary/aromatic N) is 1. The number of hydrogen-bond acceptors (Lipinski definition) is 4. The molecule has 0 atom stereocenters. The average Bonchev–Trinajstić information content (AvgIpc) is 3.16. The molecular formula is C19H30N2O3S. The summed E-state index contributed by atoms with van der Waals surface area (Å²) >= 11 is 0. The number of carbonyl (C=O) groups is 1. The molecule has 0 unspecified atom stereocenters. The maximum absolute atomic E-state index is 12.1. The monoisotopic (exact) mass is 366 g/mol. The van der Waals surface area contributed by atoms with Crippen LogP contribution in [0.3, 0.4) is 0 Å². The van der Waals surface area contributed by atoms with Gasteiger partial charge in [-0.05, 0) is 37.8 Å². The van der Waals surface area contributed by atoms with E-state index in [-0.39, 0.29) is 23.3 Å². The molecule has 2 rings (SSSR count). The lowest BCUT2D eigenvalue weighted by molar-refractivity contribution is -0.120. The van der Waals surface area contributed by atoms with Crippen molar-refractivity contribution in [2.75, 3.05) is 30.8 Å². The highest BCUT2D eigenvalue weighted by Crippen LogP contribution is 2.25. The highest BCUT2D eigenvalue weighted by atomic mass is 32.2. The van der Waals surface area contributed by atoms with Gasteiger partial charge in [0.05, 0.1) is 11.0 Å². The first-order valence-electron chi connectivity index (χ1n) is 9.23. The minimum Gasteiger partial charge on any atom is -0.375 e. The molecule has 1 aliphatic carbocycles. The van der Waals surface area contributed by atoms with E-state index in [1.807, 2.05) is 18.2 Å². The van der Waals surface area contributed by atoms with Crippen LogP contribution in [0.2, 0.25) is 0 Å². The van der Waals surface area contributed by atoms with Gasteiger partial charge >= 0.3 is 0 Å². The van der Waals surface area contributed by atoms with Crippen LogP contribution in [0.25, 0.3) is 0 Å². The summed E-state index contributed by atoms with van der Waals surface area (Å²) in [5.74, 6) is -0.168. The van der Waals surface area contributed by atoms with Gasteiger partial charge in [0.2, 0.25) is 5.91 Å². The molecule has 0 spiro atoms. The van der Waals surface area contributed by atoms with E-state index in [9.17, 15) is 13.2 Å². The number of rotatable bonds is 10. The van der Waals surface area contributed by atoms with E-state index >= 15 is 0 Å². The molecule has 1 fully saturated rings. The van der Waals surface area contributed by atoms with E-state index in [1.165, 1.54) is 5.69 Å². The van der Waals surface area contributed by atoms with Gasteiger partial charge in [0.15, 0.2) is 9.84 Å². The third kappa shape index (κ3) is 6.69. The lowest BCUT2D eigenvalue weighted by Crippen LogP contribution is -2.29. The van der Waals surface area contributed by atoms with Crippen molar-refractivity contribution in [2.24, 2.45) is 0 Å². The number of nitrogens with one attached hydrogen (secondary N) is 1. The van der Waals surface area contributed by atoms with Gasteiger partial charge in [-0.2, -0.15) is 0 Å². The molecule has 140 valence electrons. The van der Waals surface area contributed by atoms with Crippen LogP contribution in [0, 0.1) is 0 Å². The Kier molecular flexibility index (Phi) is 7.75. The Bertz CT molecular complexity index is 625. The molecule has 5 nitrogen and oxygen atoms in total. The predicted molar refractivity (Wildman–Crippen MR) is 103 cm³/mol. The number of unbranched alkanes of at least 4 members (excludes halogenated alkanes) is 1. The Balaban J connectivity index is 1.56. The van der Waals surface area contributed by atoms with Gasteiger partial charge in [0.25, 0.3) is 0 Å².